The van der Waals surface area contributed by atoms with E-state index in [1.807, 2.05) is 12.1 Å². The summed E-state index contributed by atoms with van der Waals surface area (Å²) in [7, 11) is 0. The maximum Gasteiger partial charge on any atom is 0.159 e. The molecule has 0 radical (unpaired) electrons. The zero-order valence-corrected chi connectivity index (χ0v) is 15.3. The van der Waals surface area contributed by atoms with Gasteiger partial charge in [0.1, 0.15) is 12.0 Å². The largest absolute Gasteiger partial charge is 0.393 e. The molecule has 0 unspecified atom stereocenters. The highest BCUT2D eigenvalue weighted by Gasteiger charge is 2.23. The summed E-state index contributed by atoms with van der Waals surface area (Å²) in [5.41, 5.74) is 9.29. The minimum absolute atomic E-state index is 0.593. The lowest BCUT2D eigenvalue weighted by Crippen LogP contribution is -2.35. The van der Waals surface area contributed by atoms with Gasteiger partial charge in [-0.25, -0.2) is 9.97 Å². The van der Waals surface area contributed by atoms with Crippen LogP contribution >= 0.6 is 0 Å². The minimum atomic E-state index is 0.593. The van der Waals surface area contributed by atoms with Gasteiger partial charge in [0.15, 0.2) is 11.6 Å². The molecule has 0 atom stereocenters. The number of anilines is 4. The summed E-state index contributed by atoms with van der Waals surface area (Å²) < 4.78 is 0. The van der Waals surface area contributed by atoms with Crippen LogP contribution in [0.4, 0.5) is 23.0 Å². The lowest BCUT2D eigenvalue weighted by molar-refractivity contribution is 0.402. The molecule has 0 amide bonds. The summed E-state index contributed by atoms with van der Waals surface area (Å²) in [5.74, 6) is 2.17. The molecule has 6 heteroatoms. The van der Waals surface area contributed by atoms with Crippen LogP contribution < -0.4 is 16.0 Å². The molecule has 1 aliphatic heterocycles. The van der Waals surface area contributed by atoms with E-state index in [9.17, 15) is 0 Å². The topological polar surface area (TPSA) is 80.0 Å². The van der Waals surface area contributed by atoms with Crippen LogP contribution in [0, 0.1) is 5.92 Å². The van der Waals surface area contributed by atoms with E-state index in [1.54, 1.807) is 18.7 Å². The van der Waals surface area contributed by atoms with Crippen molar-refractivity contribution in [3.8, 4) is 0 Å². The Kier molecular flexibility index (Phi) is 5.14. The molecule has 0 spiro atoms. The highest BCUT2D eigenvalue weighted by Crippen LogP contribution is 2.31. The Morgan fingerprint density at radius 2 is 1.74 bits per heavy atom. The van der Waals surface area contributed by atoms with Gasteiger partial charge in [-0.1, -0.05) is 30.3 Å². The predicted molar refractivity (Wildman–Crippen MR) is 109 cm³/mol. The zero-order chi connectivity index (χ0) is 18.5. The molecule has 3 aromatic rings. The van der Waals surface area contributed by atoms with Gasteiger partial charge in [0.05, 0.1) is 0 Å². The Morgan fingerprint density at radius 1 is 1.00 bits per heavy atom. The summed E-state index contributed by atoms with van der Waals surface area (Å²) >= 11 is 0. The number of piperidine rings is 1. The first kappa shape index (κ1) is 17.3. The van der Waals surface area contributed by atoms with Crippen LogP contribution in [0.3, 0.4) is 0 Å². The monoisotopic (exact) mass is 360 g/mol. The SMILES string of the molecule is Nc1c(Nc2ccncc2)ncnc1N1CCC(Cc2ccccc2)CC1. The molecule has 3 heterocycles. The van der Waals surface area contributed by atoms with E-state index in [-0.39, 0.29) is 0 Å². The summed E-state index contributed by atoms with van der Waals surface area (Å²) in [6, 6.07) is 14.5. The van der Waals surface area contributed by atoms with Crippen molar-refractivity contribution in [2.45, 2.75) is 19.3 Å². The Balaban J connectivity index is 1.41. The van der Waals surface area contributed by atoms with Crippen molar-refractivity contribution < 1.29 is 0 Å². The number of nitrogens with two attached hydrogens (primary N) is 1. The number of nitrogens with one attached hydrogen (secondary N) is 1. The van der Waals surface area contributed by atoms with Gasteiger partial charge in [0.2, 0.25) is 0 Å². The normalized spacial score (nSPS) is 14.9. The standard InChI is InChI=1S/C21H24N6/c22-19-20(26-18-6-10-23-11-7-18)24-15-25-21(19)27-12-8-17(9-13-27)14-16-4-2-1-3-5-16/h1-7,10-11,15,17H,8-9,12-14,22H2,(H,23,24,25,26). The van der Waals surface area contributed by atoms with Gasteiger partial charge < -0.3 is 16.0 Å². The molecular weight excluding hydrogens is 336 g/mol. The average Bonchev–Trinajstić information content (AvgIpc) is 2.72. The van der Waals surface area contributed by atoms with Crippen molar-refractivity contribution in [2.75, 3.05) is 29.0 Å². The zero-order valence-electron chi connectivity index (χ0n) is 15.3. The molecule has 0 saturated carbocycles. The molecule has 0 bridgehead atoms. The lowest BCUT2D eigenvalue weighted by Gasteiger charge is -2.33. The number of hydrogen-bond donors (Lipinski definition) is 2. The van der Waals surface area contributed by atoms with Crippen LogP contribution in [0.2, 0.25) is 0 Å². The number of hydrogen-bond acceptors (Lipinski definition) is 6. The van der Waals surface area contributed by atoms with Crippen molar-refractivity contribution in [1.29, 1.82) is 0 Å². The number of rotatable bonds is 5. The van der Waals surface area contributed by atoms with E-state index in [0.29, 0.717) is 17.4 Å². The van der Waals surface area contributed by atoms with Gasteiger partial charge >= 0.3 is 0 Å². The number of nitrogens with zero attached hydrogens (tertiary/aromatic N) is 4. The second-order valence-corrected chi connectivity index (χ2v) is 6.94. The van der Waals surface area contributed by atoms with Crippen LogP contribution in [0.25, 0.3) is 0 Å². The van der Waals surface area contributed by atoms with Gasteiger partial charge in [-0.3, -0.25) is 4.98 Å². The molecule has 138 valence electrons. The first-order valence-corrected chi connectivity index (χ1v) is 9.36. The van der Waals surface area contributed by atoms with Crippen LogP contribution in [0.1, 0.15) is 18.4 Å². The van der Waals surface area contributed by atoms with Crippen molar-refractivity contribution >= 4 is 23.0 Å². The summed E-state index contributed by atoms with van der Waals surface area (Å²) in [5, 5.41) is 3.25. The molecule has 1 aromatic carbocycles. The van der Waals surface area contributed by atoms with Gasteiger partial charge in [0, 0.05) is 31.2 Å². The molecule has 27 heavy (non-hydrogen) atoms. The number of benzene rings is 1. The van der Waals surface area contributed by atoms with E-state index in [0.717, 1.165) is 43.9 Å². The fraction of sp³-hybridized carbons (Fsp3) is 0.286. The van der Waals surface area contributed by atoms with E-state index in [1.165, 1.54) is 5.56 Å². The molecule has 0 aliphatic carbocycles. The molecule has 1 fully saturated rings. The first-order chi connectivity index (χ1) is 13.3. The van der Waals surface area contributed by atoms with Crippen molar-refractivity contribution in [2.24, 2.45) is 5.92 Å². The Morgan fingerprint density at radius 3 is 2.48 bits per heavy atom. The fourth-order valence-corrected chi connectivity index (χ4v) is 3.61. The van der Waals surface area contributed by atoms with Crippen molar-refractivity contribution in [3.63, 3.8) is 0 Å². The fourth-order valence-electron chi connectivity index (χ4n) is 3.61. The quantitative estimate of drug-likeness (QED) is 0.723. The molecule has 4 rings (SSSR count). The van der Waals surface area contributed by atoms with E-state index >= 15 is 0 Å². The maximum atomic E-state index is 6.38. The van der Waals surface area contributed by atoms with E-state index in [2.05, 4.69) is 55.5 Å². The Labute approximate surface area is 159 Å². The third-order valence-corrected chi connectivity index (χ3v) is 5.09. The smallest absolute Gasteiger partial charge is 0.159 e. The molecule has 3 N–H and O–H groups in total. The van der Waals surface area contributed by atoms with Gasteiger partial charge in [-0.2, -0.15) is 0 Å². The molecule has 1 aliphatic rings. The second kappa shape index (κ2) is 8.03. The predicted octanol–water partition coefficient (Wildman–Crippen LogP) is 3.66. The van der Waals surface area contributed by atoms with Gasteiger partial charge in [0.25, 0.3) is 0 Å². The molecule has 2 aromatic heterocycles. The Hall–Kier alpha value is -3.15. The lowest BCUT2D eigenvalue weighted by atomic mass is 9.90. The Bertz CT molecular complexity index is 860. The summed E-state index contributed by atoms with van der Waals surface area (Å²) in [6.45, 7) is 1.93. The minimum Gasteiger partial charge on any atom is -0.393 e. The highest BCUT2D eigenvalue weighted by molar-refractivity contribution is 5.78. The number of aromatic nitrogens is 3. The molecular formula is C21H24N6. The molecule has 1 saturated heterocycles. The second-order valence-electron chi connectivity index (χ2n) is 6.94. The van der Waals surface area contributed by atoms with Crippen LogP contribution in [0.5, 0.6) is 0 Å². The first-order valence-electron chi connectivity index (χ1n) is 9.36. The van der Waals surface area contributed by atoms with Crippen LogP contribution in [-0.2, 0) is 6.42 Å². The summed E-state index contributed by atoms with van der Waals surface area (Å²) in [4.78, 5) is 15.1. The average molecular weight is 360 g/mol. The van der Waals surface area contributed by atoms with Gasteiger partial charge in [-0.05, 0) is 42.9 Å². The van der Waals surface area contributed by atoms with Crippen LogP contribution in [-0.4, -0.2) is 28.0 Å². The number of pyridine rings is 1. The van der Waals surface area contributed by atoms with Crippen molar-refractivity contribution in [3.05, 3.63) is 66.7 Å². The highest BCUT2D eigenvalue weighted by atomic mass is 15.2. The van der Waals surface area contributed by atoms with E-state index < -0.39 is 0 Å². The third-order valence-electron chi connectivity index (χ3n) is 5.09. The van der Waals surface area contributed by atoms with Crippen LogP contribution in [0.15, 0.2) is 61.2 Å². The molecule has 6 nitrogen and oxygen atoms in total. The number of nitrogen functional groups attached to an aromatic ring is 1. The maximum absolute atomic E-state index is 6.38. The van der Waals surface area contributed by atoms with Gasteiger partial charge in [-0.15, -0.1) is 0 Å². The summed E-state index contributed by atoms with van der Waals surface area (Å²) in [6.07, 6.45) is 8.47. The third kappa shape index (κ3) is 4.16. The van der Waals surface area contributed by atoms with Crippen molar-refractivity contribution in [1.82, 2.24) is 15.0 Å². The van der Waals surface area contributed by atoms with E-state index in [4.69, 9.17) is 5.73 Å².